The number of hydrogen-bond acceptors (Lipinski definition) is 3. The summed E-state index contributed by atoms with van der Waals surface area (Å²) >= 11 is 0. The number of aryl methyl sites for hydroxylation is 1. The van der Waals surface area contributed by atoms with Gasteiger partial charge in [-0.3, -0.25) is 14.7 Å². The van der Waals surface area contributed by atoms with Crippen LogP contribution < -0.4 is 5.32 Å². The smallest absolute Gasteiger partial charge is 0.253 e. The number of amides is 1. The van der Waals surface area contributed by atoms with E-state index in [1.165, 1.54) is 18.4 Å². The minimum Gasteiger partial charge on any atom is -0.350 e. The Kier molecular flexibility index (Phi) is 6.29. The van der Waals surface area contributed by atoms with Crippen LogP contribution in [0.5, 0.6) is 0 Å². The summed E-state index contributed by atoms with van der Waals surface area (Å²) in [6.45, 7) is 7.53. The maximum Gasteiger partial charge on any atom is 0.253 e. The molecule has 3 aromatic rings. The van der Waals surface area contributed by atoms with Gasteiger partial charge in [-0.15, -0.1) is 0 Å². The van der Waals surface area contributed by atoms with Gasteiger partial charge in [-0.1, -0.05) is 36.4 Å². The first-order valence-corrected chi connectivity index (χ1v) is 10.8. The van der Waals surface area contributed by atoms with Crippen molar-refractivity contribution < 1.29 is 4.79 Å². The molecule has 1 unspecified atom stereocenters. The molecule has 5 heteroatoms. The first-order valence-electron chi connectivity index (χ1n) is 10.8. The molecule has 1 N–H and O–H groups in total. The van der Waals surface area contributed by atoms with Gasteiger partial charge in [-0.05, 0) is 63.5 Å². The third-order valence-electron chi connectivity index (χ3n) is 6.09. The first kappa shape index (κ1) is 20.4. The summed E-state index contributed by atoms with van der Waals surface area (Å²) < 4.78 is 2.16. The third kappa shape index (κ3) is 4.46. The summed E-state index contributed by atoms with van der Waals surface area (Å²) in [6.07, 6.45) is 4.26. The van der Waals surface area contributed by atoms with E-state index in [-0.39, 0.29) is 11.9 Å². The number of nitrogens with zero attached hydrogens (tertiary/aromatic N) is 3. The highest BCUT2D eigenvalue weighted by atomic mass is 16.1. The van der Waals surface area contributed by atoms with Gasteiger partial charge in [0, 0.05) is 24.1 Å². The lowest BCUT2D eigenvalue weighted by atomic mass is 10.1. The van der Waals surface area contributed by atoms with Crippen LogP contribution in [0.25, 0.3) is 0 Å². The molecule has 1 saturated heterocycles. The minimum absolute atomic E-state index is 0.00417. The van der Waals surface area contributed by atoms with Crippen LogP contribution in [0, 0.1) is 13.8 Å². The zero-order valence-electron chi connectivity index (χ0n) is 17.8. The van der Waals surface area contributed by atoms with Crippen LogP contribution in [0.4, 0.5) is 0 Å². The molecule has 1 aliphatic rings. The lowest BCUT2D eigenvalue weighted by Crippen LogP contribution is -2.37. The number of pyridine rings is 1. The molecule has 5 nitrogen and oxygen atoms in total. The molecule has 0 spiro atoms. The molecule has 1 aromatic carbocycles. The van der Waals surface area contributed by atoms with Crippen molar-refractivity contribution in [1.29, 1.82) is 0 Å². The standard InChI is InChI=1S/C25H30N4O/c1-19-16-23(20(2)29(19)18-22-12-6-7-13-26-22)25(30)27-17-24(28-14-8-9-15-28)21-10-4-3-5-11-21/h3-7,10-13,16,24H,8-9,14-15,17-18H2,1-2H3,(H,27,30). The molecule has 1 atom stereocenters. The molecule has 0 radical (unpaired) electrons. The molecular formula is C25H30N4O. The molecule has 0 bridgehead atoms. The van der Waals surface area contributed by atoms with Gasteiger partial charge < -0.3 is 9.88 Å². The van der Waals surface area contributed by atoms with Crippen molar-refractivity contribution in [1.82, 2.24) is 19.8 Å². The number of aromatic nitrogens is 2. The highest BCUT2D eigenvalue weighted by molar-refractivity contribution is 5.95. The zero-order valence-corrected chi connectivity index (χ0v) is 17.8. The van der Waals surface area contributed by atoms with E-state index in [2.05, 4.69) is 44.0 Å². The van der Waals surface area contributed by atoms with Gasteiger partial charge >= 0.3 is 0 Å². The maximum atomic E-state index is 13.1. The van der Waals surface area contributed by atoms with Crippen LogP contribution >= 0.6 is 0 Å². The Morgan fingerprint density at radius 1 is 1.07 bits per heavy atom. The summed E-state index contributed by atoms with van der Waals surface area (Å²) in [6, 6.07) is 18.6. The van der Waals surface area contributed by atoms with E-state index >= 15 is 0 Å². The van der Waals surface area contributed by atoms with Crippen molar-refractivity contribution in [2.45, 2.75) is 39.3 Å². The quantitative estimate of drug-likeness (QED) is 0.647. The lowest BCUT2D eigenvalue weighted by molar-refractivity contribution is 0.0937. The number of rotatable bonds is 7. The fourth-order valence-corrected chi connectivity index (χ4v) is 4.40. The van der Waals surface area contributed by atoms with E-state index < -0.39 is 0 Å². The minimum atomic E-state index is -0.00417. The van der Waals surface area contributed by atoms with Gasteiger partial charge in [0.2, 0.25) is 0 Å². The normalized spacial score (nSPS) is 15.3. The summed E-state index contributed by atoms with van der Waals surface area (Å²) in [5.74, 6) is -0.00417. The topological polar surface area (TPSA) is 50.2 Å². The average molecular weight is 403 g/mol. The lowest BCUT2D eigenvalue weighted by Gasteiger charge is -2.28. The Hall–Kier alpha value is -2.92. The van der Waals surface area contributed by atoms with Gasteiger partial charge in [0.15, 0.2) is 0 Å². The van der Waals surface area contributed by atoms with Crippen LogP contribution in [0.1, 0.15) is 51.9 Å². The van der Waals surface area contributed by atoms with E-state index in [0.717, 1.165) is 35.7 Å². The van der Waals surface area contributed by atoms with Crippen molar-refractivity contribution in [2.75, 3.05) is 19.6 Å². The molecule has 3 heterocycles. The van der Waals surface area contributed by atoms with Crippen molar-refractivity contribution in [3.05, 3.63) is 89.0 Å². The van der Waals surface area contributed by atoms with Crippen LogP contribution in [-0.2, 0) is 6.54 Å². The largest absolute Gasteiger partial charge is 0.350 e. The second kappa shape index (κ2) is 9.26. The van der Waals surface area contributed by atoms with Crippen molar-refractivity contribution in [3.63, 3.8) is 0 Å². The van der Waals surface area contributed by atoms with E-state index in [1.807, 2.05) is 44.2 Å². The maximum absolute atomic E-state index is 13.1. The van der Waals surface area contributed by atoms with Crippen molar-refractivity contribution in [2.24, 2.45) is 0 Å². The summed E-state index contributed by atoms with van der Waals surface area (Å²) in [5.41, 5.74) is 5.05. The first-order chi connectivity index (χ1) is 14.6. The van der Waals surface area contributed by atoms with Gasteiger partial charge in [0.05, 0.1) is 23.8 Å². The Morgan fingerprint density at radius 3 is 2.50 bits per heavy atom. The summed E-state index contributed by atoms with van der Waals surface area (Å²) in [4.78, 5) is 20.0. The number of carbonyl (C=O) groups excluding carboxylic acids is 1. The fraction of sp³-hybridized carbons (Fsp3) is 0.360. The van der Waals surface area contributed by atoms with Crippen LogP contribution in [0.2, 0.25) is 0 Å². The average Bonchev–Trinajstić information content (AvgIpc) is 3.40. The molecule has 0 saturated carbocycles. The number of benzene rings is 1. The number of hydrogen-bond donors (Lipinski definition) is 1. The summed E-state index contributed by atoms with van der Waals surface area (Å²) in [5, 5.41) is 3.21. The molecule has 1 fully saturated rings. The highest BCUT2D eigenvalue weighted by Gasteiger charge is 2.24. The van der Waals surface area contributed by atoms with Gasteiger partial charge in [-0.25, -0.2) is 0 Å². The number of nitrogens with one attached hydrogen (secondary N) is 1. The number of likely N-dealkylation sites (tertiary alicyclic amines) is 1. The zero-order chi connectivity index (χ0) is 20.9. The predicted octanol–water partition coefficient (Wildman–Crippen LogP) is 4.12. The Balaban J connectivity index is 1.48. The van der Waals surface area contributed by atoms with Gasteiger partial charge in [0.25, 0.3) is 5.91 Å². The SMILES string of the molecule is Cc1cc(C(=O)NCC(c2ccccc2)N2CCCC2)c(C)n1Cc1ccccn1. The third-order valence-corrected chi connectivity index (χ3v) is 6.09. The molecule has 0 aliphatic carbocycles. The van der Waals surface area contributed by atoms with Crippen molar-refractivity contribution >= 4 is 5.91 Å². The molecule has 30 heavy (non-hydrogen) atoms. The van der Waals surface area contributed by atoms with Crippen LogP contribution in [0.15, 0.2) is 60.8 Å². The fourth-order valence-electron chi connectivity index (χ4n) is 4.40. The monoisotopic (exact) mass is 402 g/mol. The van der Waals surface area contributed by atoms with Gasteiger partial charge in [0.1, 0.15) is 0 Å². The summed E-state index contributed by atoms with van der Waals surface area (Å²) in [7, 11) is 0. The molecule has 2 aromatic heterocycles. The van der Waals surface area contributed by atoms with Crippen molar-refractivity contribution in [3.8, 4) is 0 Å². The van der Waals surface area contributed by atoms with Gasteiger partial charge in [-0.2, -0.15) is 0 Å². The molecule has 4 rings (SSSR count). The highest BCUT2D eigenvalue weighted by Crippen LogP contribution is 2.25. The predicted molar refractivity (Wildman–Crippen MR) is 120 cm³/mol. The Morgan fingerprint density at radius 2 is 1.80 bits per heavy atom. The van der Waals surface area contributed by atoms with E-state index in [0.29, 0.717) is 13.1 Å². The number of carbonyl (C=O) groups is 1. The Labute approximate surface area is 178 Å². The second-order valence-corrected chi connectivity index (χ2v) is 8.07. The van der Waals surface area contributed by atoms with Crippen LogP contribution in [-0.4, -0.2) is 40.0 Å². The molecule has 1 aliphatic heterocycles. The molecular weight excluding hydrogens is 372 g/mol. The van der Waals surface area contributed by atoms with E-state index in [9.17, 15) is 4.79 Å². The molecule has 156 valence electrons. The Bertz CT molecular complexity index is 975. The van der Waals surface area contributed by atoms with E-state index in [1.54, 1.807) is 6.20 Å². The van der Waals surface area contributed by atoms with Crippen LogP contribution in [0.3, 0.4) is 0 Å². The second-order valence-electron chi connectivity index (χ2n) is 8.07. The molecule has 1 amide bonds. The van der Waals surface area contributed by atoms with E-state index in [4.69, 9.17) is 0 Å².